The van der Waals surface area contributed by atoms with Crippen LogP contribution in [0.5, 0.6) is 0 Å². The van der Waals surface area contributed by atoms with E-state index < -0.39 is 0 Å². The van der Waals surface area contributed by atoms with Gasteiger partial charge in [0.2, 0.25) is 0 Å². The molecule has 144 valence electrons. The smallest absolute Gasteiger partial charge is 0.313 e. The van der Waals surface area contributed by atoms with Crippen molar-refractivity contribution in [1.82, 2.24) is 9.88 Å². The van der Waals surface area contributed by atoms with E-state index in [2.05, 4.69) is 46.3 Å². The molecule has 27 heavy (non-hydrogen) atoms. The highest BCUT2D eigenvalue weighted by Crippen LogP contribution is 2.37. The van der Waals surface area contributed by atoms with Crippen molar-refractivity contribution < 1.29 is 9.53 Å². The second-order valence-corrected chi connectivity index (χ2v) is 7.51. The second-order valence-electron chi connectivity index (χ2n) is 7.51. The van der Waals surface area contributed by atoms with Crippen LogP contribution in [0.2, 0.25) is 0 Å². The maximum Gasteiger partial charge on any atom is 0.313 e. The normalized spacial score (nSPS) is 20.3. The Kier molecular flexibility index (Phi) is 6.99. The molecule has 1 unspecified atom stereocenters. The second kappa shape index (κ2) is 9.65. The van der Waals surface area contributed by atoms with Crippen molar-refractivity contribution in [2.45, 2.75) is 45.6 Å². The number of hydrogen-bond donors (Lipinski definition) is 0. The van der Waals surface area contributed by atoms with Gasteiger partial charge in [-0.05, 0) is 68.8 Å². The van der Waals surface area contributed by atoms with Gasteiger partial charge in [0.1, 0.15) is 0 Å². The first-order valence-electron chi connectivity index (χ1n) is 10.0. The molecule has 0 saturated carbocycles. The quantitative estimate of drug-likeness (QED) is 0.655. The maximum absolute atomic E-state index is 12.9. The lowest BCUT2D eigenvalue weighted by Crippen LogP contribution is -2.48. The topological polar surface area (TPSA) is 42.4 Å². The molecule has 0 spiro atoms. The van der Waals surface area contributed by atoms with Crippen LogP contribution in [0.4, 0.5) is 0 Å². The summed E-state index contributed by atoms with van der Waals surface area (Å²) < 4.78 is 5.51. The summed E-state index contributed by atoms with van der Waals surface area (Å²) in [4.78, 5) is 19.4. The van der Waals surface area contributed by atoms with Crippen molar-refractivity contribution in [3.8, 4) is 0 Å². The SMILES string of the molecule is CCOC(=O)C1(CCCc2ccccc2)CCCN(Cc2ccncc2)C1. The van der Waals surface area contributed by atoms with Gasteiger partial charge in [-0.25, -0.2) is 0 Å². The van der Waals surface area contributed by atoms with E-state index in [1.165, 1.54) is 11.1 Å². The van der Waals surface area contributed by atoms with Gasteiger partial charge in [-0.15, -0.1) is 0 Å². The number of pyridine rings is 1. The third kappa shape index (κ3) is 5.39. The number of aromatic nitrogens is 1. The largest absolute Gasteiger partial charge is 0.466 e. The Labute approximate surface area is 162 Å². The van der Waals surface area contributed by atoms with E-state index in [9.17, 15) is 4.79 Å². The Morgan fingerprint density at radius 2 is 1.93 bits per heavy atom. The van der Waals surface area contributed by atoms with Gasteiger partial charge in [0.25, 0.3) is 0 Å². The van der Waals surface area contributed by atoms with E-state index >= 15 is 0 Å². The molecule has 2 aromatic rings. The fraction of sp³-hybridized carbons (Fsp3) is 0.478. The van der Waals surface area contributed by atoms with Crippen LogP contribution in [0.3, 0.4) is 0 Å². The summed E-state index contributed by atoms with van der Waals surface area (Å²) in [5, 5.41) is 0. The molecule has 4 heteroatoms. The minimum Gasteiger partial charge on any atom is -0.466 e. The lowest BCUT2D eigenvalue weighted by atomic mass is 9.75. The van der Waals surface area contributed by atoms with Crippen LogP contribution in [0.1, 0.15) is 43.7 Å². The van der Waals surface area contributed by atoms with E-state index in [0.29, 0.717) is 6.61 Å². The molecule has 1 fully saturated rings. The third-order valence-corrected chi connectivity index (χ3v) is 5.48. The highest BCUT2D eigenvalue weighted by molar-refractivity contribution is 5.77. The average Bonchev–Trinajstić information content (AvgIpc) is 2.70. The molecule has 1 saturated heterocycles. The Bertz CT molecular complexity index is 705. The zero-order valence-corrected chi connectivity index (χ0v) is 16.3. The fourth-order valence-corrected chi connectivity index (χ4v) is 4.14. The number of rotatable bonds is 8. The number of nitrogens with zero attached hydrogens (tertiary/aromatic N) is 2. The number of esters is 1. The molecular weight excluding hydrogens is 336 g/mol. The Morgan fingerprint density at radius 3 is 2.67 bits per heavy atom. The molecule has 1 atom stereocenters. The molecule has 2 heterocycles. The van der Waals surface area contributed by atoms with Crippen molar-refractivity contribution in [2.24, 2.45) is 5.41 Å². The standard InChI is InChI=1S/C23H30N2O2/c1-2-27-22(26)23(13-6-10-20-8-4-3-5-9-20)14-7-17-25(19-23)18-21-11-15-24-16-12-21/h3-5,8-9,11-12,15-16H,2,6-7,10,13-14,17-19H2,1H3. The summed E-state index contributed by atoms with van der Waals surface area (Å²) in [6.45, 7) is 5.02. The first kappa shape index (κ1) is 19.6. The first-order chi connectivity index (χ1) is 13.2. The van der Waals surface area contributed by atoms with Crippen molar-refractivity contribution in [2.75, 3.05) is 19.7 Å². The molecular formula is C23H30N2O2. The Hall–Kier alpha value is -2.20. The van der Waals surface area contributed by atoms with Gasteiger partial charge in [-0.3, -0.25) is 14.7 Å². The van der Waals surface area contributed by atoms with Crippen molar-refractivity contribution in [3.05, 3.63) is 66.0 Å². The van der Waals surface area contributed by atoms with Gasteiger partial charge in [0.05, 0.1) is 12.0 Å². The molecule has 0 bridgehead atoms. The summed E-state index contributed by atoms with van der Waals surface area (Å²) in [5.74, 6) is -0.0162. The van der Waals surface area contributed by atoms with Gasteiger partial charge < -0.3 is 4.74 Å². The fourth-order valence-electron chi connectivity index (χ4n) is 4.14. The van der Waals surface area contributed by atoms with Crippen LogP contribution in [0.25, 0.3) is 0 Å². The first-order valence-corrected chi connectivity index (χ1v) is 10.0. The molecule has 1 aliphatic rings. The number of benzene rings is 1. The van der Waals surface area contributed by atoms with Crippen LogP contribution >= 0.6 is 0 Å². The zero-order valence-electron chi connectivity index (χ0n) is 16.3. The van der Waals surface area contributed by atoms with Crippen molar-refractivity contribution in [1.29, 1.82) is 0 Å². The summed E-state index contributed by atoms with van der Waals surface area (Å²) in [5.41, 5.74) is 2.20. The van der Waals surface area contributed by atoms with Gasteiger partial charge in [0.15, 0.2) is 0 Å². The average molecular weight is 367 g/mol. The minimum absolute atomic E-state index is 0.0162. The summed E-state index contributed by atoms with van der Waals surface area (Å²) in [6.07, 6.45) is 8.52. The van der Waals surface area contributed by atoms with Gasteiger partial charge >= 0.3 is 5.97 Å². The zero-order chi connectivity index (χ0) is 19.0. The Morgan fingerprint density at radius 1 is 1.15 bits per heavy atom. The van der Waals surface area contributed by atoms with E-state index in [-0.39, 0.29) is 11.4 Å². The van der Waals surface area contributed by atoms with E-state index in [1.807, 2.05) is 25.4 Å². The molecule has 1 aliphatic heterocycles. The van der Waals surface area contributed by atoms with Gasteiger partial charge in [-0.2, -0.15) is 0 Å². The minimum atomic E-state index is -0.379. The molecule has 0 N–H and O–H groups in total. The van der Waals surface area contributed by atoms with E-state index in [4.69, 9.17) is 4.74 Å². The number of hydrogen-bond acceptors (Lipinski definition) is 4. The van der Waals surface area contributed by atoms with Crippen LogP contribution in [-0.2, 0) is 22.5 Å². The van der Waals surface area contributed by atoms with Crippen LogP contribution in [-0.4, -0.2) is 35.5 Å². The molecule has 4 nitrogen and oxygen atoms in total. The molecule has 1 aromatic heterocycles. The highest BCUT2D eigenvalue weighted by Gasteiger charge is 2.42. The molecule has 0 amide bonds. The maximum atomic E-state index is 12.9. The summed E-state index contributed by atoms with van der Waals surface area (Å²) in [7, 11) is 0. The number of carbonyl (C=O) groups is 1. The monoisotopic (exact) mass is 366 g/mol. The predicted octanol–water partition coefficient (Wildman–Crippen LogP) is 4.25. The van der Waals surface area contributed by atoms with E-state index in [0.717, 1.165) is 51.7 Å². The molecule has 1 aromatic carbocycles. The lowest BCUT2D eigenvalue weighted by molar-refractivity contribution is -0.160. The number of likely N-dealkylation sites (tertiary alicyclic amines) is 1. The highest BCUT2D eigenvalue weighted by atomic mass is 16.5. The number of carbonyl (C=O) groups excluding carboxylic acids is 1. The van der Waals surface area contributed by atoms with Crippen molar-refractivity contribution >= 4 is 5.97 Å². The van der Waals surface area contributed by atoms with Crippen LogP contribution < -0.4 is 0 Å². The van der Waals surface area contributed by atoms with Crippen LogP contribution in [0, 0.1) is 5.41 Å². The summed E-state index contributed by atoms with van der Waals surface area (Å²) in [6, 6.07) is 14.6. The molecule has 3 rings (SSSR count). The van der Waals surface area contributed by atoms with Crippen LogP contribution in [0.15, 0.2) is 54.9 Å². The number of aryl methyl sites for hydroxylation is 1. The summed E-state index contributed by atoms with van der Waals surface area (Å²) >= 11 is 0. The molecule has 0 radical (unpaired) electrons. The number of piperidine rings is 1. The van der Waals surface area contributed by atoms with Crippen molar-refractivity contribution in [3.63, 3.8) is 0 Å². The lowest BCUT2D eigenvalue weighted by Gasteiger charge is -2.41. The third-order valence-electron chi connectivity index (χ3n) is 5.48. The molecule has 0 aliphatic carbocycles. The van der Waals surface area contributed by atoms with Gasteiger partial charge in [0, 0.05) is 25.5 Å². The Balaban J connectivity index is 1.66. The van der Waals surface area contributed by atoms with E-state index in [1.54, 1.807) is 0 Å². The van der Waals surface area contributed by atoms with Gasteiger partial charge in [-0.1, -0.05) is 30.3 Å². The predicted molar refractivity (Wildman–Crippen MR) is 107 cm³/mol. The number of ether oxygens (including phenoxy) is 1.